The quantitative estimate of drug-likeness (QED) is 0.869. The van der Waals surface area contributed by atoms with Crippen LogP contribution in [0.4, 0.5) is 10.7 Å². The lowest BCUT2D eigenvalue weighted by molar-refractivity contribution is 0.0972. The minimum Gasteiger partial charge on any atom is -0.397 e. The molecule has 1 aliphatic heterocycles. The van der Waals surface area contributed by atoms with Crippen LogP contribution in [0.1, 0.15) is 42.3 Å². The predicted octanol–water partition coefficient (Wildman–Crippen LogP) is 2.84. The first kappa shape index (κ1) is 14.9. The number of thiophene rings is 1. The van der Waals surface area contributed by atoms with Crippen LogP contribution >= 0.6 is 11.3 Å². The van der Waals surface area contributed by atoms with Crippen LogP contribution in [0.2, 0.25) is 0 Å². The summed E-state index contributed by atoms with van der Waals surface area (Å²) in [5.41, 5.74) is 6.80. The monoisotopic (exact) mass is 307 g/mol. The molecule has 1 aromatic rings. The van der Waals surface area contributed by atoms with Crippen LogP contribution in [0.3, 0.4) is 0 Å². The molecule has 1 atom stereocenters. The van der Waals surface area contributed by atoms with E-state index >= 15 is 0 Å². The molecule has 2 heterocycles. The van der Waals surface area contributed by atoms with Crippen LogP contribution in [0.5, 0.6) is 0 Å². The van der Waals surface area contributed by atoms with E-state index in [1.165, 1.54) is 5.00 Å². The SMILES string of the molecule is CCC1CN(C)CCCN1c1cc(N)c(C(=O)C2CC2)s1. The van der Waals surface area contributed by atoms with E-state index in [2.05, 4.69) is 23.8 Å². The summed E-state index contributed by atoms with van der Waals surface area (Å²) in [6.45, 7) is 5.52. The lowest BCUT2D eigenvalue weighted by Crippen LogP contribution is -2.39. The summed E-state index contributed by atoms with van der Waals surface area (Å²) in [4.78, 5) is 18.0. The van der Waals surface area contributed by atoms with E-state index in [-0.39, 0.29) is 11.7 Å². The van der Waals surface area contributed by atoms with Gasteiger partial charge in [-0.3, -0.25) is 4.79 Å². The maximum absolute atomic E-state index is 12.3. The number of carbonyl (C=O) groups excluding carboxylic acids is 1. The first-order chi connectivity index (χ1) is 10.1. The highest BCUT2D eigenvalue weighted by atomic mass is 32.1. The second kappa shape index (κ2) is 5.97. The van der Waals surface area contributed by atoms with Crippen LogP contribution < -0.4 is 10.6 Å². The zero-order valence-electron chi connectivity index (χ0n) is 13.0. The van der Waals surface area contributed by atoms with E-state index in [0.29, 0.717) is 11.7 Å². The maximum Gasteiger partial charge on any atom is 0.178 e. The van der Waals surface area contributed by atoms with Gasteiger partial charge < -0.3 is 15.5 Å². The van der Waals surface area contributed by atoms with Gasteiger partial charge in [-0.15, -0.1) is 11.3 Å². The molecule has 5 heteroatoms. The fraction of sp³-hybridized carbons (Fsp3) is 0.688. The molecule has 21 heavy (non-hydrogen) atoms. The van der Waals surface area contributed by atoms with E-state index in [1.807, 2.05) is 6.07 Å². The average Bonchev–Trinajstić information content (AvgIpc) is 3.25. The molecule has 0 radical (unpaired) electrons. The van der Waals surface area contributed by atoms with E-state index in [0.717, 1.165) is 50.2 Å². The van der Waals surface area contributed by atoms with Gasteiger partial charge in [0.25, 0.3) is 0 Å². The number of rotatable bonds is 4. The molecule has 3 rings (SSSR count). The van der Waals surface area contributed by atoms with Crippen molar-refractivity contribution < 1.29 is 4.79 Å². The smallest absolute Gasteiger partial charge is 0.178 e. The lowest BCUT2D eigenvalue weighted by atomic mass is 10.2. The first-order valence-electron chi connectivity index (χ1n) is 7.98. The Kier molecular flexibility index (Phi) is 4.22. The van der Waals surface area contributed by atoms with Crippen LogP contribution in [0.15, 0.2) is 6.07 Å². The summed E-state index contributed by atoms with van der Waals surface area (Å²) < 4.78 is 0. The number of anilines is 2. The summed E-state index contributed by atoms with van der Waals surface area (Å²) in [5.74, 6) is 0.514. The second-order valence-electron chi connectivity index (χ2n) is 6.38. The molecular weight excluding hydrogens is 282 g/mol. The Morgan fingerprint density at radius 1 is 1.43 bits per heavy atom. The minimum absolute atomic E-state index is 0.246. The number of nitrogens with zero attached hydrogens (tertiary/aromatic N) is 2. The minimum atomic E-state index is 0.246. The number of carbonyl (C=O) groups is 1. The second-order valence-corrected chi connectivity index (χ2v) is 7.41. The largest absolute Gasteiger partial charge is 0.397 e. The Hall–Kier alpha value is -1.07. The van der Waals surface area contributed by atoms with Crippen molar-refractivity contribution in [1.29, 1.82) is 0 Å². The molecule has 1 saturated carbocycles. The maximum atomic E-state index is 12.3. The molecule has 2 fully saturated rings. The zero-order chi connectivity index (χ0) is 15.0. The van der Waals surface area contributed by atoms with Crippen LogP contribution in [0, 0.1) is 5.92 Å². The highest BCUT2D eigenvalue weighted by Gasteiger charge is 2.33. The molecule has 1 unspecified atom stereocenters. The molecule has 1 aliphatic carbocycles. The Bertz CT molecular complexity index is 524. The van der Waals surface area contributed by atoms with Crippen molar-refractivity contribution in [2.24, 2.45) is 5.92 Å². The van der Waals surface area contributed by atoms with Gasteiger partial charge in [0, 0.05) is 25.0 Å². The first-order valence-corrected chi connectivity index (χ1v) is 8.80. The third-order valence-electron chi connectivity index (χ3n) is 4.58. The number of Topliss-reactive ketones (excluding diaryl/α,β-unsaturated/α-hetero) is 1. The molecule has 0 bridgehead atoms. The fourth-order valence-corrected chi connectivity index (χ4v) is 4.34. The number of ketones is 1. The van der Waals surface area contributed by atoms with E-state index in [1.54, 1.807) is 11.3 Å². The number of hydrogen-bond acceptors (Lipinski definition) is 5. The molecule has 2 N–H and O–H groups in total. The van der Waals surface area contributed by atoms with Gasteiger partial charge in [-0.2, -0.15) is 0 Å². The van der Waals surface area contributed by atoms with Crippen molar-refractivity contribution in [3.8, 4) is 0 Å². The Balaban J connectivity index is 1.84. The Labute approximate surface area is 130 Å². The van der Waals surface area contributed by atoms with Gasteiger partial charge in [-0.05, 0) is 45.3 Å². The normalized spacial score (nSPS) is 24.1. The molecule has 1 aromatic heterocycles. The Morgan fingerprint density at radius 3 is 2.86 bits per heavy atom. The third-order valence-corrected chi connectivity index (χ3v) is 5.78. The highest BCUT2D eigenvalue weighted by Crippen LogP contribution is 2.40. The summed E-state index contributed by atoms with van der Waals surface area (Å²) in [7, 11) is 2.19. The van der Waals surface area contributed by atoms with Crippen molar-refractivity contribution >= 4 is 27.8 Å². The molecular formula is C16H25N3OS. The van der Waals surface area contributed by atoms with Gasteiger partial charge in [0.15, 0.2) is 5.78 Å². The van der Waals surface area contributed by atoms with Crippen LogP contribution in [0.25, 0.3) is 0 Å². The molecule has 0 amide bonds. The van der Waals surface area contributed by atoms with Crippen molar-refractivity contribution in [1.82, 2.24) is 4.90 Å². The average molecular weight is 307 g/mol. The standard InChI is InChI=1S/C16H25N3OS/c1-3-12-10-18(2)7-4-8-19(12)14-9-13(17)16(21-14)15(20)11-5-6-11/h9,11-12H,3-8,10,17H2,1-2H3. The number of likely N-dealkylation sites (N-methyl/N-ethyl adjacent to an activating group) is 1. The van der Waals surface area contributed by atoms with Gasteiger partial charge in [0.2, 0.25) is 0 Å². The summed E-state index contributed by atoms with van der Waals surface area (Å²) in [5, 5.41) is 1.18. The van der Waals surface area contributed by atoms with Gasteiger partial charge in [0.1, 0.15) is 0 Å². The zero-order valence-corrected chi connectivity index (χ0v) is 13.8. The van der Waals surface area contributed by atoms with E-state index in [9.17, 15) is 4.79 Å². The van der Waals surface area contributed by atoms with Crippen LogP contribution in [-0.4, -0.2) is 43.4 Å². The highest BCUT2D eigenvalue weighted by molar-refractivity contribution is 7.18. The van der Waals surface area contributed by atoms with Gasteiger partial charge in [0.05, 0.1) is 15.6 Å². The van der Waals surface area contributed by atoms with Crippen molar-refractivity contribution in [2.45, 2.75) is 38.6 Å². The van der Waals surface area contributed by atoms with Gasteiger partial charge in [-0.1, -0.05) is 6.92 Å². The molecule has 1 saturated heterocycles. The van der Waals surface area contributed by atoms with Crippen LogP contribution in [-0.2, 0) is 0 Å². The van der Waals surface area contributed by atoms with Gasteiger partial charge in [-0.25, -0.2) is 0 Å². The summed E-state index contributed by atoms with van der Waals surface area (Å²) >= 11 is 1.60. The Morgan fingerprint density at radius 2 is 2.19 bits per heavy atom. The molecule has 0 spiro atoms. The number of nitrogens with two attached hydrogens (primary N) is 1. The number of hydrogen-bond donors (Lipinski definition) is 1. The third kappa shape index (κ3) is 3.09. The van der Waals surface area contributed by atoms with Crippen molar-refractivity contribution in [2.75, 3.05) is 37.3 Å². The molecule has 0 aromatic carbocycles. The molecule has 2 aliphatic rings. The summed E-state index contributed by atoms with van der Waals surface area (Å²) in [6, 6.07) is 2.54. The van der Waals surface area contributed by atoms with Gasteiger partial charge >= 0.3 is 0 Å². The van der Waals surface area contributed by atoms with E-state index < -0.39 is 0 Å². The van der Waals surface area contributed by atoms with E-state index in [4.69, 9.17) is 5.73 Å². The fourth-order valence-electron chi connectivity index (χ4n) is 3.14. The molecule has 116 valence electrons. The van der Waals surface area contributed by atoms with Crippen molar-refractivity contribution in [3.63, 3.8) is 0 Å². The predicted molar refractivity (Wildman–Crippen MR) is 89.3 cm³/mol. The summed E-state index contributed by atoms with van der Waals surface area (Å²) in [6.07, 6.45) is 4.36. The number of nitrogen functional groups attached to an aromatic ring is 1. The molecule has 4 nitrogen and oxygen atoms in total. The van der Waals surface area contributed by atoms with Crippen molar-refractivity contribution in [3.05, 3.63) is 10.9 Å². The topological polar surface area (TPSA) is 49.6 Å². The lowest BCUT2D eigenvalue weighted by Gasteiger charge is -2.30.